The molecule has 0 fully saturated rings. The Balaban J connectivity index is 2.88. The topological polar surface area (TPSA) is 67.9 Å². The number of benzene rings is 1. The average molecular weight is 357 g/mol. The monoisotopic (exact) mass is 356 g/mol. The summed E-state index contributed by atoms with van der Waals surface area (Å²) in [4.78, 5) is 24.3. The number of ether oxygens (including phenoxy) is 2. The van der Waals surface area contributed by atoms with Crippen LogP contribution in [0.15, 0.2) is 24.3 Å². The fourth-order valence-corrected chi connectivity index (χ4v) is 1.78. The van der Waals surface area contributed by atoms with Gasteiger partial charge in [0.2, 0.25) is 0 Å². The minimum absolute atomic E-state index is 0.116. The van der Waals surface area contributed by atoms with Crippen molar-refractivity contribution in [3.8, 4) is 0 Å². The summed E-state index contributed by atoms with van der Waals surface area (Å²) in [5.41, 5.74) is 1.84. The molecular weight excluding hydrogens is 332 g/mol. The van der Waals surface area contributed by atoms with Gasteiger partial charge < -0.3 is 9.47 Å². The summed E-state index contributed by atoms with van der Waals surface area (Å²) >= 11 is 5.86. The van der Waals surface area contributed by atoms with Crippen molar-refractivity contribution in [2.75, 3.05) is 0 Å². The van der Waals surface area contributed by atoms with E-state index in [1.807, 2.05) is 0 Å². The Bertz CT molecular complexity index is 574. The van der Waals surface area contributed by atoms with E-state index in [4.69, 9.17) is 21.1 Å². The molecule has 0 aliphatic rings. The summed E-state index contributed by atoms with van der Waals surface area (Å²) < 4.78 is 10.5. The number of hydrogen-bond acceptors (Lipinski definition) is 4. The minimum atomic E-state index is -0.734. The number of nitrogens with one attached hydrogen (secondary N) is 1. The predicted molar refractivity (Wildman–Crippen MR) is 92.6 cm³/mol. The lowest BCUT2D eigenvalue weighted by Gasteiger charge is -2.28. The quantitative estimate of drug-likeness (QED) is 0.791. The molecule has 2 amide bonds. The normalized spacial score (nSPS) is 11.6. The van der Waals surface area contributed by atoms with Crippen LogP contribution in [0.3, 0.4) is 0 Å². The molecule has 0 bridgehead atoms. The Morgan fingerprint density at radius 1 is 1.00 bits per heavy atom. The number of amides is 2. The zero-order valence-corrected chi connectivity index (χ0v) is 15.7. The van der Waals surface area contributed by atoms with E-state index in [1.165, 1.54) is 0 Å². The highest BCUT2D eigenvalue weighted by molar-refractivity contribution is 6.30. The number of carbonyl (C=O) groups is 2. The first-order valence-electron chi connectivity index (χ1n) is 7.60. The van der Waals surface area contributed by atoms with E-state index in [0.717, 1.165) is 10.6 Å². The second kappa shape index (κ2) is 7.75. The van der Waals surface area contributed by atoms with Crippen molar-refractivity contribution in [3.05, 3.63) is 34.9 Å². The van der Waals surface area contributed by atoms with Gasteiger partial charge in [-0.25, -0.2) is 20.0 Å². The molecule has 0 unspecified atom stereocenters. The molecule has 24 heavy (non-hydrogen) atoms. The highest BCUT2D eigenvalue weighted by atomic mass is 35.5. The fourth-order valence-electron chi connectivity index (χ4n) is 1.65. The van der Waals surface area contributed by atoms with Gasteiger partial charge in [0.1, 0.15) is 11.2 Å². The van der Waals surface area contributed by atoms with E-state index in [2.05, 4.69) is 5.43 Å². The highest BCUT2D eigenvalue weighted by Gasteiger charge is 2.26. The Labute approximate surface area is 148 Å². The van der Waals surface area contributed by atoms with Gasteiger partial charge in [0.15, 0.2) is 0 Å². The first-order chi connectivity index (χ1) is 10.9. The third-order valence-corrected chi connectivity index (χ3v) is 2.74. The van der Waals surface area contributed by atoms with Crippen LogP contribution in [-0.4, -0.2) is 28.4 Å². The second-order valence-corrected chi connectivity index (χ2v) is 7.74. The maximum absolute atomic E-state index is 12.3. The van der Waals surface area contributed by atoms with E-state index in [0.29, 0.717) is 5.02 Å². The van der Waals surface area contributed by atoms with Crippen LogP contribution in [0.4, 0.5) is 9.59 Å². The van der Waals surface area contributed by atoms with E-state index in [9.17, 15) is 9.59 Å². The van der Waals surface area contributed by atoms with Gasteiger partial charge in [-0.05, 0) is 59.2 Å². The number of carbonyl (C=O) groups excluding carboxylic acids is 2. The van der Waals surface area contributed by atoms with Crippen molar-refractivity contribution < 1.29 is 19.1 Å². The first kappa shape index (κ1) is 20.1. The van der Waals surface area contributed by atoms with E-state index in [-0.39, 0.29) is 6.54 Å². The van der Waals surface area contributed by atoms with Crippen LogP contribution in [0, 0.1) is 0 Å². The number of rotatable bonds is 2. The average Bonchev–Trinajstić information content (AvgIpc) is 2.36. The molecule has 1 rings (SSSR count). The highest BCUT2D eigenvalue weighted by Crippen LogP contribution is 2.14. The molecule has 1 N–H and O–H groups in total. The van der Waals surface area contributed by atoms with Crippen molar-refractivity contribution in [2.24, 2.45) is 0 Å². The van der Waals surface area contributed by atoms with E-state index in [1.54, 1.807) is 65.8 Å². The van der Waals surface area contributed by atoms with Gasteiger partial charge in [-0.1, -0.05) is 23.7 Å². The van der Waals surface area contributed by atoms with Crippen molar-refractivity contribution in [2.45, 2.75) is 59.3 Å². The van der Waals surface area contributed by atoms with Crippen LogP contribution < -0.4 is 5.43 Å². The summed E-state index contributed by atoms with van der Waals surface area (Å²) in [6.07, 6.45) is -1.41. The standard InChI is InChI=1S/C17H25ClN2O4/c1-16(2,3)23-14(21)19-20(15(22)24-17(4,5)6)11-12-7-9-13(18)10-8-12/h7-10H,11H2,1-6H3,(H,19,21). The third kappa shape index (κ3) is 8.06. The van der Waals surface area contributed by atoms with E-state index < -0.39 is 23.4 Å². The molecule has 1 aromatic carbocycles. The van der Waals surface area contributed by atoms with Crippen molar-refractivity contribution in [1.29, 1.82) is 0 Å². The summed E-state index contributed by atoms with van der Waals surface area (Å²) in [6.45, 7) is 10.6. The second-order valence-electron chi connectivity index (χ2n) is 7.31. The Morgan fingerprint density at radius 2 is 1.50 bits per heavy atom. The molecule has 0 radical (unpaired) electrons. The van der Waals surface area contributed by atoms with Crippen LogP contribution in [0.2, 0.25) is 5.02 Å². The van der Waals surface area contributed by atoms with Crippen LogP contribution in [-0.2, 0) is 16.0 Å². The summed E-state index contributed by atoms with van der Waals surface area (Å²) in [6, 6.07) is 6.93. The summed E-state index contributed by atoms with van der Waals surface area (Å²) in [7, 11) is 0. The largest absolute Gasteiger partial charge is 0.443 e. The van der Waals surface area contributed by atoms with Gasteiger partial charge in [-0.15, -0.1) is 0 Å². The lowest BCUT2D eigenvalue weighted by molar-refractivity contribution is -0.000655. The zero-order chi connectivity index (χ0) is 18.5. The molecule has 0 aliphatic carbocycles. The SMILES string of the molecule is CC(C)(C)OC(=O)NN(Cc1ccc(Cl)cc1)C(=O)OC(C)(C)C. The summed E-state index contributed by atoms with van der Waals surface area (Å²) in [5.74, 6) is 0. The molecule has 0 spiro atoms. The van der Waals surface area contributed by atoms with Crippen LogP contribution in [0.5, 0.6) is 0 Å². The van der Waals surface area contributed by atoms with Gasteiger partial charge in [0, 0.05) is 5.02 Å². The molecule has 1 aromatic rings. The Kier molecular flexibility index (Phi) is 6.49. The molecule has 0 heterocycles. The lowest BCUT2D eigenvalue weighted by Crippen LogP contribution is -2.49. The number of nitrogens with zero attached hydrogens (tertiary/aromatic N) is 1. The molecule has 0 aromatic heterocycles. The Hall–Kier alpha value is -1.95. The van der Waals surface area contributed by atoms with Crippen molar-refractivity contribution in [3.63, 3.8) is 0 Å². The minimum Gasteiger partial charge on any atom is -0.443 e. The van der Waals surface area contributed by atoms with Crippen molar-refractivity contribution >= 4 is 23.8 Å². The van der Waals surface area contributed by atoms with Crippen molar-refractivity contribution in [1.82, 2.24) is 10.4 Å². The van der Waals surface area contributed by atoms with Gasteiger partial charge in [-0.2, -0.15) is 0 Å². The van der Waals surface area contributed by atoms with Gasteiger partial charge in [0.25, 0.3) is 0 Å². The molecule has 7 heteroatoms. The van der Waals surface area contributed by atoms with Gasteiger partial charge in [-0.3, -0.25) is 0 Å². The third-order valence-electron chi connectivity index (χ3n) is 2.49. The van der Waals surface area contributed by atoms with Gasteiger partial charge in [0.05, 0.1) is 6.54 Å². The Morgan fingerprint density at radius 3 is 1.96 bits per heavy atom. The van der Waals surface area contributed by atoms with Crippen LogP contribution in [0.1, 0.15) is 47.1 Å². The molecule has 134 valence electrons. The molecule has 0 saturated carbocycles. The molecule has 0 aliphatic heterocycles. The molecule has 6 nitrogen and oxygen atoms in total. The first-order valence-corrected chi connectivity index (χ1v) is 7.98. The smallest absolute Gasteiger partial charge is 0.429 e. The maximum atomic E-state index is 12.3. The maximum Gasteiger partial charge on any atom is 0.429 e. The molecule has 0 saturated heterocycles. The molecule has 0 atom stereocenters. The number of hydrogen-bond donors (Lipinski definition) is 1. The molecular formula is C17H25ClN2O4. The predicted octanol–water partition coefficient (Wildman–Crippen LogP) is 4.52. The fraction of sp³-hybridized carbons (Fsp3) is 0.529. The van der Waals surface area contributed by atoms with Crippen LogP contribution >= 0.6 is 11.6 Å². The number of halogens is 1. The number of hydrazine groups is 1. The zero-order valence-electron chi connectivity index (χ0n) is 15.0. The van der Waals surface area contributed by atoms with E-state index >= 15 is 0 Å². The lowest BCUT2D eigenvalue weighted by atomic mass is 10.2. The summed E-state index contributed by atoms with van der Waals surface area (Å²) in [5, 5.41) is 1.66. The van der Waals surface area contributed by atoms with Gasteiger partial charge >= 0.3 is 12.2 Å². The van der Waals surface area contributed by atoms with Crippen LogP contribution in [0.25, 0.3) is 0 Å².